The van der Waals surface area contributed by atoms with E-state index in [1.807, 2.05) is 0 Å². The zero-order chi connectivity index (χ0) is 18.0. The van der Waals surface area contributed by atoms with Crippen LogP contribution in [0.5, 0.6) is 0 Å². The molecule has 0 aromatic rings. The highest BCUT2D eigenvalue weighted by Crippen LogP contribution is 2.36. The van der Waals surface area contributed by atoms with Gasteiger partial charge in [-0.1, -0.05) is 41.5 Å². The second kappa shape index (κ2) is 6.59. The Morgan fingerprint density at radius 2 is 0.818 bits per heavy atom. The quantitative estimate of drug-likeness (QED) is 0.546. The van der Waals surface area contributed by atoms with Gasteiger partial charge in [0.1, 0.15) is 0 Å². The van der Waals surface area contributed by atoms with Gasteiger partial charge in [-0.2, -0.15) is 0 Å². The van der Waals surface area contributed by atoms with Gasteiger partial charge in [-0.25, -0.2) is 19.4 Å². The summed E-state index contributed by atoms with van der Waals surface area (Å²) in [7, 11) is 0. The molecular formula is C18H34O4. The third kappa shape index (κ3) is 7.81. The molecule has 0 amide bonds. The first kappa shape index (κ1) is 20.9. The van der Waals surface area contributed by atoms with E-state index in [4.69, 9.17) is 9.78 Å². The molecule has 4 nitrogen and oxygen atoms in total. The Labute approximate surface area is 135 Å². The van der Waals surface area contributed by atoms with Gasteiger partial charge in [-0.15, -0.1) is 0 Å². The molecule has 0 atom stereocenters. The van der Waals surface area contributed by atoms with E-state index in [-0.39, 0.29) is 10.8 Å². The minimum atomic E-state index is -0.702. The second-order valence-corrected chi connectivity index (χ2v) is 9.98. The van der Waals surface area contributed by atoms with Crippen LogP contribution >= 0.6 is 0 Å². The fourth-order valence-corrected chi connectivity index (χ4v) is 3.10. The molecule has 4 heteroatoms. The molecule has 0 bridgehead atoms. The van der Waals surface area contributed by atoms with Crippen LogP contribution in [0.15, 0.2) is 0 Å². The molecule has 0 aromatic heterocycles. The Morgan fingerprint density at radius 3 is 1.00 bits per heavy atom. The third-order valence-corrected chi connectivity index (χ3v) is 3.24. The zero-order valence-electron chi connectivity index (χ0n) is 16.0. The van der Waals surface area contributed by atoms with Gasteiger partial charge in [-0.3, -0.25) is 0 Å². The molecule has 0 aliphatic heterocycles. The Morgan fingerprint density at radius 1 is 0.591 bits per heavy atom. The molecule has 0 aromatic carbocycles. The van der Waals surface area contributed by atoms with Crippen molar-refractivity contribution in [3.8, 4) is 0 Å². The van der Waals surface area contributed by atoms with Crippen LogP contribution in [0, 0.1) is 21.7 Å². The van der Waals surface area contributed by atoms with Crippen LogP contribution in [0.1, 0.15) is 82.1 Å². The Kier molecular flexibility index (Phi) is 6.27. The number of carbonyl (C=O) groups excluding carboxylic acids is 2. The summed E-state index contributed by atoms with van der Waals surface area (Å²) < 4.78 is 0. The maximum Gasteiger partial charge on any atom is 0.361 e. The molecular weight excluding hydrogens is 280 g/mol. The molecule has 130 valence electrons. The largest absolute Gasteiger partial charge is 0.361 e. The Hall–Kier alpha value is -1.06. The van der Waals surface area contributed by atoms with E-state index in [0.29, 0.717) is 12.8 Å². The summed E-state index contributed by atoms with van der Waals surface area (Å²) in [6.07, 6.45) is 1.28. The van der Waals surface area contributed by atoms with E-state index in [1.54, 1.807) is 27.7 Å². The fraction of sp³-hybridized carbons (Fsp3) is 0.889. The zero-order valence-corrected chi connectivity index (χ0v) is 16.0. The van der Waals surface area contributed by atoms with Crippen LogP contribution in [-0.4, -0.2) is 11.9 Å². The molecule has 0 unspecified atom stereocenters. The lowest BCUT2D eigenvalue weighted by Crippen LogP contribution is -2.35. The van der Waals surface area contributed by atoms with Gasteiger partial charge < -0.3 is 0 Å². The van der Waals surface area contributed by atoms with Crippen molar-refractivity contribution in [2.45, 2.75) is 82.1 Å². The molecule has 0 fully saturated rings. The first-order valence-electron chi connectivity index (χ1n) is 7.90. The van der Waals surface area contributed by atoms with Crippen LogP contribution in [0.2, 0.25) is 0 Å². The van der Waals surface area contributed by atoms with E-state index in [0.717, 1.165) is 0 Å². The first-order valence-corrected chi connectivity index (χ1v) is 7.90. The molecule has 0 N–H and O–H groups in total. The molecule has 22 heavy (non-hydrogen) atoms. The topological polar surface area (TPSA) is 52.6 Å². The SMILES string of the molecule is CC(C)(C)CC(C)(C)C(=O)OOC(=O)C(C)(C)CC(C)(C)C. The van der Waals surface area contributed by atoms with Crippen molar-refractivity contribution < 1.29 is 19.4 Å². The summed E-state index contributed by atoms with van der Waals surface area (Å²) in [5.74, 6) is -1.02. The van der Waals surface area contributed by atoms with Crippen LogP contribution in [-0.2, 0) is 19.4 Å². The average molecular weight is 314 g/mol. The minimum Gasteiger partial charge on any atom is -0.247 e. The van der Waals surface area contributed by atoms with E-state index < -0.39 is 22.8 Å². The van der Waals surface area contributed by atoms with Crippen LogP contribution in [0.3, 0.4) is 0 Å². The van der Waals surface area contributed by atoms with Crippen molar-refractivity contribution in [1.82, 2.24) is 0 Å². The van der Waals surface area contributed by atoms with Gasteiger partial charge in [0.05, 0.1) is 10.8 Å². The van der Waals surface area contributed by atoms with E-state index in [2.05, 4.69) is 41.5 Å². The smallest absolute Gasteiger partial charge is 0.247 e. The molecule has 0 spiro atoms. The minimum absolute atomic E-state index is 0.0158. The van der Waals surface area contributed by atoms with Crippen molar-refractivity contribution in [2.75, 3.05) is 0 Å². The number of hydrogen-bond donors (Lipinski definition) is 0. The molecule has 0 aliphatic rings. The van der Waals surface area contributed by atoms with Crippen molar-refractivity contribution in [1.29, 1.82) is 0 Å². The van der Waals surface area contributed by atoms with Gasteiger partial charge in [0.2, 0.25) is 0 Å². The van der Waals surface area contributed by atoms with Crippen molar-refractivity contribution in [3.05, 3.63) is 0 Å². The molecule has 0 aliphatic carbocycles. The summed E-state index contributed by atoms with van der Waals surface area (Å²) in [4.78, 5) is 34.0. The molecule has 0 rings (SSSR count). The van der Waals surface area contributed by atoms with Gasteiger partial charge in [0.15, 0.2) is 0 Å². The predicted octanol–water partition coefficient (Wildman–Crippen LogP) is 4.91. The highest BCUT2D eigenvalue weighted by atomic mass is 17.2. The summed E-state index contributed by atoms with van der Waals surface area (Å²) in [5.41, 5.74) is -1.44. The first-order chi connectivity index (χ1) is 9.46. The summed E-state index contributed by atoms with van der Waals surface area (Å²) in [6.45, 7) is 19.5. The summed E-state index contributed by atoms with van der Waals surface area (Å²) in [5, 5.41) is 0. The van der Waals surface area contributed by atoms with Crippen LogP contribution in [0.4, 0.5) is 0 Å². The summed E-state index contributed by atoms with van der Waals surface area (Å²) >= 11 is 0. The number of rotatable bonds is 4. The maximum absolute atomic E-state index is 12.2. The molecule has 0 heterocycles. The molecule has 0 saturated heterocycles. The van der Waals surface area contributed by atoms with E-state index in [9.17, 15) is 9.59 Å². The monoisotopic (exact) mass is 314 g/mol. The Bertz CT molecular complexity index is 366. The van der Waals surface area contributed by atoms with Crippen molar-refractivity contribution in [3.63, 3.8) is 0 Å². The van der Waals surface area contributed by atoms with Gasteiger partial charge in [0, 0.05) is 0 Å². The van der Waals surface area contributed by atoms with E-state index >= 15 is 0 Å². The maximum atomic E-state index is 12.2. The van der Waals surface area contributed by atoms with Gasteiger partial charge >= 0.3 is 11.9 Å². The number of carbonyl (C=O) groups is 2. The average Bonchev–Trinajstić information content (AvgIpc) is 2.17. The van der Waals surface area contributed by atoms with E-state index in [1.165, 1.54) is 0 Å². The lowest BCUT2D eigenvalue weighted by molar-refractivity contribution is -0.273. The van der Waals surface area contributed by atoms with Crippen molar-refractivity contribution in [2.24, 2.45) is 21.7 Å². The third-order valence-electron chi connectivity index (χ3n) is 3.24. The predicted molar refractivity (Wildman–Crippen MR) is 87.9 cm³/mol. The lowest BCUT2D eigenvalue weighted by Gasteiger charge is -2.31. The molecule has 0 saturated carbocycles. The fourth-order valence-electron chi connectivity index (χ4n) is 3.10. The second-order valence-electron chi connectivity index (χ2n) is 9.98. The number of hydrogen-bond acceptors (Lipinski definition) is 4. The molecule has 0 radical (unpaired) electrons. The standard InChI is InChI=1S/C18H34O4/c1-15(2,3)11-17(7,8)13(19)21-22-14(20)18(9,10)12-16(4,5)6/h11-12H2,1-10H3. The highest BCUT2D eigenvalue weighted by molar-refractivity contribution is 5.79. The van der Waals surface area contributed by atoms with Crippen LogP contribution in [0.25, 0.3) is 0 Å². The Balaban J connectivity index is 4.68. The van der Waals surface area contributed by atoms with Gasteiger partial charge in [-0.05, 0) is 51.4 Å². The summed E-state index contributed by atoms with van der Waals surface area (Å²) in [6, 6.07) is 0. The van der Waals surface area contributed by atoms with Crippen LogP contribution < -0.4 is 0 Å². The van der Waals surface area contributed by atoms with Gasteiger partial charge in [0.25, 0.3) is 0 Å². The normalized spacial score (nSPS) is 13.7. The lowest BCUT2D eigenvalue weighted by atomic mass is 9.76. The van der Waals surface area contributed by atoms with Crippen molar-refractivity contribution >= 4 is 11.9 Å². The highest BCUT2D eigenvalue weighted by Gasteiger charge is 2.38.